The lowest BCUT2D eigenvalue weighted by Crippen LogP contribution is -2.33. The van der Waals surface area contributed by atoms with Crippen LogP contribution in [0.3, 0.4) is 0 Å². The summed E-state index contributed by atoms with van der Waals surface area (Å²) >= 11 is 0. The van der Waals surface area contributed by atoms with Crippen LogP contribution in [0.25, 0.3) is 6.08 Å². The van der Waals surface area contributed by atoms with Crippen molar-refractivity contribution in [1.29, 1.82) is 0 Å². The van der Waals surface area contributed by atoms with Crippen molar-refractivity contribution in [1.82, 2.24) is 0 Å². The lowest BCUT2D eigenvalue weighted by molar-refractivity contribution is 0.425. The molecule has 1 aliphatic carbocycles. The van der Waals surface area contributed by atoms with Crippen LogP contribution < -0.4 is 5.46 Å². The molecule has 2 nitrogen and oxygen atoms in total. The highest BCUT2D eigenvalue weighted by Gasteiger charge is 2.19. The Labute approximate surface area is 84.0 Å². The molecule has 0 spiro atoms. The van der Waals surface area contributed by atoms with Crippen molar-refractivity contribution in [3.63, 3.8) is 0 Å². The van der Waals surface area contributed by atoms with Gasteiger partial charge in [0.1, 0.15) is 0 Å². The van der Waals surface area contributed by atoms with E-state index in [0.717, 1.165) is 12.0 Å². The highest BCUT2D eigenvalue weighted by Crippen LogP contribution is 2.21. The zero-order chi connectivity index (χ0) is 10.1. The van der Waals surface area contributed by atoms with Gasteiger partial charge in [0.2, 0.25) is 0 Å². The van der Waals surface area contributed by atoms with Gasteiger partial charge in [0, 0.05) is 0 Å². The minimum atomic E-state index is -1.37. The van der Waals surface area contributed by atoms with Crippen LogP contribution in [0.15, 0.2) is 24.3 Å². The maximum absolute atomic E-state index is 9.17. The Bertz CT molecular complexity index is 372. The van der Waals surface area contributed by atoms with Crippen LogP contribution in [0.4, 0.5) is 0 Å². The molecule has 0 saturated carbocycles. The predicted molar refractivity (Wildman–Crippen MR) is 58.2 cm³/mol. The average molecular weight is 188 g/mol. The normalized spacial score (nSPS) is 19.2. The molecule has 0 radical (unpaired) electrons. The third-order valence-electron chi connectivity index (χ3n) is 2.64. The first-order valence-electron chi connectivity index (χ1n) is 4.84. The molecular formula is C11H13BO2. The zero-order valence-electron chi connectivity index (χ0n) is 8.14. The van der Waals surface area contributed by atoms with Crippen molar-refractivity contribution in [3.05, 3.63) is 35.4 Å². The first-order chi connectivity index (χ1) is 6.68. The van der Waals surface area contributed by atoms with E-state index in [9.17, 15) is 0 Å². The second-order valence-electron chi connectivity index (χ2n) is 3.83. The quantitative estimate of drug-likeness (QED) is 0.632. The Balaban J connectivity index is 2.50. The maximum atomic E-state index is 9.17. The molecule has 0 amide bonds. The predicted octanol–water partition coefficient (Wildman–Crippen LogP) is 0.572. The molecule has 2 rings (SSSR count). The van der Waals surface area contributed by atoms with Gasteiger partial charge in [-0.25, -0.2) is 0 Å². The first kappa shape index (κ1) is 9.50. The Kier molecular flexibility index (Phi) is 2.44. The van der Waals surface area contributed by atoms with E-state index in [2.05, 4.69) is 13.0 Å². The molecule has 1 aromatic rings. The summed E-state index contributed by atoms with van der Waals surface area (Å²) in [6, 6.07) is 5.67. The Morgan fingerprint density at radius 2 is 2.14 bits per heavy atom. The van der Waals surface area contributed by atoms with Gasteiger partial charge in [-0.1, -0.05) is 37.3 Å². The summed E-state index contributed by atoms with van der Waals surface area (Å²) in [5.74, 6) is 0.536. The number of benzene rings is 1. The SMILES string of the molecule is CC1C=Cc2c(cccc2B(O)O)C1. The summed E-state index contributed by atoms with van der Waals surface area (Å²) in [7, 11) is -1.37. The molecule has 14 heavy (non-hydrogen) atoms. The van der Waals surface area contributed by atoms with Crippen molar-refractivity contribution in [2.75, 3.05) is 0 Å². The van der Waals surface area contributed by atoms with Crippen molar-refractivity contribution in [3.8, 4) is 0 Å². The van der Waals surface area contributed by atoms with Crippen molar-refractivity contribution < 1.29 is 10.0 Å². The summed E-state index contributed by atoms with van der Waals surface area (Å²) in [4.78, 5) is 0. The molecule has 0 fully saturated rings. The highest BCUT2D eigenvalue weighted by atomic mass is 16.4. The van der Waals surface area contributed by atoms with Gasteiger partial charge in [0.05, 0.1) is 0 Å². The Morgan fingerprint density at radius 3 is 2.86 bits per heavy atom. The fourth-order valence-corrected chi connectivity index (χ4v) is 1.91. The highest BCUT2D eigenvalue weighted by molar-refractivity contribution is 6.59. The molecule has 0 aliphatic heterocycles. The number of allylic oxidation sites excluding steroid dienone is 1. The largest absolute Gasteiger partial charge is 0.489 e. The third kappa shape index (κ3) is 1.61. The minimum Gasteiger partial charge on any atom is -0.423 e. The van der Waals surface area contributed by atoms with Crippen molar-refractivity contribution in [2.24, 2.45) is 5.92 Å². The van der Waals surface area contributed by atoms with E-state index in [0.29, 0.717) is 11.4 Å². The van der Waals surface area contributed by atoms with Crippen molar-refractivity contribution >= 4 is 18.7 Å². The molecule has 2 N–H and O–H groups in total. The van der Waals surface area contributed by atoms with Gasteiger partial charge < -0.3 is 10.0 Å². The van der Waals surface area contributed by atoms with Crippen LogP contribution in [-0.4, -0.2) is 17.2 Å². The van der Waals surface area contributed by atoms with Gasteiger partial charge in [-0.2, -0.15) is 0 Å². The van der Waals surface area contributed by atoms with E-state index >= 15 is 0 Å². The zero-order valence-corrected chi connectivity index (χ0v) is 8.14. The maximum Gasteiger partial charge on any atom is 0.489 e. The van der Waals surface area contributed by atoms with E-state index in [1.165, 1.54) is 5.56 Å². The Hall–Kier alpha value is -1.06. The topological polar surface area (TPSA) is 40.5 Å². The van der Waals surface area contributed by atoms with Gasteiger partial charge in [0.15, 0.2) is 0 Å². The summed E-state index contributed by atoms with van der Waals surface area (Å²) in [6.07, 6.45) is 5.07. The fourth-order valence-electron chi connectivity index (χ4n) is 1.91. The first-order valence-corrected chi connectivity index (χ1v) is 4.84. The molecule has 0 heterocycles. The molecule has 3 heteroatoms. The molecule has 0 aromatic heterocycles. The summed E-state index contributed by atoms with van der Waals surface area (Å²) in [5.41, 5.74) is 2.77. The van der Waals surface area contributed by atoms with Crippen LogP contribution in [0.1, 0.15) is 18.1 Å². The van der Waals surface area contributed by atoms with Crippen LogP contribution >= 0.6 is 0 Å². The summed E-state index contributed by atoms with van der Waals surface area (Å²) in [6.45, 7) is 2.15. The minimum absolute atomic E-state index is 0.536. The molecule has 72 valence electrons. The van der Waals surface area contributed by atoms with E-state index < -0.39 is 7.12 Å². The van der Waals surface area contributed by atoms with E-state index in [1.807, 2.05) is 18.2 Å². The lowest BCUT2D eigenvalue weighted by atomic mass is 9.73. The molecule has 1 aliphatic rings. The molecule has 0 bridgehead atoms. The van der Waals surface area contributed by atoms with Crippen LogP contribution in [0.2, 0.25) is 0 Å². The molecule has 1 unspecified atom stereocenters. The fraction of sp³-hybridized carbons (Fsp3) is 0.273. The smallest absolute Gasteiger partial charge is 0.423 e. The number of hydrogen-bond donors (Lipinski definition) is 2. The number of rotatable bonds is 1. The van der Waals surface area contributed by atoms with Crippen LogP contribution in [0, 0.1) is 5.92 Å². The average Bonchev–Trinajstić information content (AvgIpc) is 2.16. The van der Waals surface area contributed by atoms with Gasteiger partial charge in [0.25, 0.3) is 0 Å². The summed E-state index contributed by atoms with van der Waals surface area (Å²) < 4.78 is 0. The third-order valence-corrected chi connectivity index (χ3v) is 2.64. The molecule has 1 aromatic carbocycles. The second kappa shape index (κ2) is 3.60. The molecule has 0 saturated heterocycles. The van der Waals surface area contributed by atoms with Gasteiger partial charge in [-0.05, 0) is 28.9 Å². The van der Waals surface area contributed by atoms with Crippen LogP contribution in [0.5, 0.6) is 0 Å². The van der Waals surface area contributed by atoms with Crippen molar-refractivity contribution in [2.45, 2.75) is 13.3 Å². The second-order valence-corrected chi connectivity index (χ2v) is 3.83. The molecular weight excluding hydrogens is 175 g/mol. The van der Waals surface area contributed by atoms with Gasteiger partial charge in [-0.3, -0.25) is 0 Å². The number of fused-ring (bicyclic) bond motifs is 1. The van der Waals surface area contributed by atoms with Gasteiger partial charge >= 0.3 is 7.12 Å². The van der Waals surface area contributed by atoms with E-state index in [-0.39, 0.29) is 0 Å². The van der Waals surface area contributed by atoms with E-state index in [4.69, 9.17) is 10.0 Å². The molecule has 1 atom stereocenters. The van der Waals surface area contributed by atoms with E-state index in [1.54, 1.807) is 6.07 Å². The standard InChI is InChI=1S/C11H13BO2/c1-8-5-6-10-9(7-8)3-2-4-11(10)12(13)14/h2-6,8,13-14H,7H2,1H3. The lowest BCUT2D eigenvalue weighted by Gasteiger charge is -2.18. The van der Waals surface area contributed by atoms with Crippen LogP contribution in [-0.2, 0) is 6.42 Å². The number of hydrogen-bond acceptors (Lipinski definition) is 2. The monoisotopic (exact) mass is 188 g/mol. The Morgan fingerprint density at radius 1 is 1.36 bits per heavy atom. The van der Waals surface area contributed by atoms with Gasteiger partial charge in [-0.15, -0.1) is 0 Å². The summed E-state index contributed by atoms with van der Waals surface area (Å²) in [5, 5.41) is 18.3.